The van der Waals surface area contributed by atoms with Crippen LogP contribution < -0.4 is 5.73 Å². The van der Waals surface area contributed by atoms with Gasteiger partial charge in [0.25, 0.3) is 0 Å². The molecule has 1 aromatic rings. The summed E-state index contributed by atoms with van der Waals surface area (Å²) in [5.41, 5.74) is 6.35. The molecular weight excluding hydrogens is 260 g/mol. The zero-order valence-corrected chi connectivity index (χ0v) is 10.9. The third kappa shape index (κ3) is 2.98. The van der Waals surface area contributed by atoms with Crippen LogP contribution in [-0.2, 0) is 15.8 Å². The maximum atomic E-state index is 12.1. The monoisotopic (exact) mass is 274 g/mol. The number of nitrogens with two attached hydrogens (primary N) is 1. The first-order valence-electron chi connectivity index (χ1n) is 5.46. The Kier molecular flexibility index (Phi) is 3.73. The number of hydrogen-bond donors (Lipinski definition) is 1. The molecule has 6 heteroatoms. The standard InChI is InChI=1S/C11H15ClN2O2S/c12-11-4-2-1-3-9(11)8-17(15,16)14-6-5-10(13)7-14/h1-4,10H,5-8,13H2. The van der Waals surface area contributed by atoms with Crippen LogP contribution in [0.15, 0.2) is 24.3 Å². The topological polar surface area (TPSA) is 63.4 Å². The third-order valence-electron chi connectivity index (χ3n) is 2.88. The van der Waals surface area contributed by atoms with Crippen molar-refractivity contribution in [3.05, 3.63) is 34.9 Å². The lowest BCUT2D eigenvalue weighted by Crippen LogP contribution is -2.32. The second kappa shape index (κ2) is 4.94. The lowest BCUT2D eigenvalue weighted by atomic mass is 10.2. The highest BCUT2D eigenvalue weighted by Crippen LogP contribution is 2.21. The molecule has 1 heterocycles. The summed E-state index contributed by atoms with van der Waals surface area (Å²) < 4.78 is 25.7. The van der Waals surface area contributed by atoms with Crippen LogP contribution in [0, 0.1) is 0 Å². The average Bonchev–Trinajstić information content (AvgIpc) is 2.69. The van der Waals surface area contributed by atoms with Gasteiger partial charge < -0.3 is 5.73 Å². The Bertz CT molecular complexity index is 504. The Morgan fingerprint density at radius 1 is 1.41 bits per heavy atom. The first kappa shape index (κ1) is 12.8. The van der Waals surface area contributed by atoms with E-state index in [4.69, 9.17) is 17.3 Å². The summed E-state index contributed by atoms with van der Waals surface area (Å²) >= 11 is 5.96. The van der Waals surface area contributed by atoms with Gasteiger partial charge in [0.2, 0.25) is 10.0 Å². The molecule has 2 rings (SSSR count). The highest BCUT2D eigenvalue weighted by Gasteiger charge is 2.29. The summed E-state index contributed by atoms with van der Waals surface area (Å²) in [7, 11) is -3.30. The maximum absolute atomic E-state index is 12.1. The predicted octanol–water partition coefficient (Wildman–Crippen LogP) is 1.20. The molecule has 0 aromatic heterocycles. The van der Waals surface area contributed by atoms with E-state index in [1.54, 1.807) is 24.3 Å². The molecule has 0 aliphatic carbocycles. The van der Waals surface area contributed by atoms with Crippen molar-refractivity contribution >= 4 is 21.6 Å². The van der Waals surface area contributed by atoms with Gasteiger partial charge in [0.05, 0.1) is 5.75 Å². The lowest BCUT2D eigenvalue weighted by molar-refractivity contribution is 0.471. The Balaban J connectivity index is 2.15. The molecule has 1 aliphatic heterocycles. The molecule has 0 radical (unpaired) electrons. The number of rotatable bonds is 3. The van der Waals surface area contributed by atoms with Gasteiger partial charge in [0.1, 0.15) is 0 Å². The van der Waals surface area contributed by atoms with Crippen molar-refractivity contribution in [2.75, 3.05) is 13.1 Å². The zero-order valence-electron chi connectivity index (χ0n) is 9.34. The molecule has 0 amide bonds. The van der Waals surface area contributed by atoms with E-state index in [0.29, 0.717) is 23.7 Å². The van der Waals surface area contributed by atoms with Crippen LogP contribution in [0.1, 0.15) is 12.0 Å². The molecule has 1 fully saturated rings. The van der Waals surface area contributed by atoms with E-state index in [0.717, 1.165) is 6.42 Å². The van der Waals surface area contributed by atoms with E-state index in [9.17, 15) is 8.42 Å². The van der Waals surface area contributed by atoms with Gasteiger partial charge in [-0.25, -0.2) is 12.7 Å². The molecule has 1 aliphatic rings. The van der Waals surface area contributed by atoms with Gasteiger partial charge in [-0.2, -0.15) is 0 Å². The van der Waals surface area contributed by atoms with Crippen LogP contribution in [0.4, 0.5) is 0 Å². The molecule has 17 heavy (non-hydrogen) atoms. The fourth-order valence-electron chi connectivity index (χ4n) is 1.91. The highest BCUT2D eigenvalue weighted by molar-refractivity contribution is 7.88. The summed E-state index contributed by atoms with van der Waals surface area (Å²) in [6.07, 6.45) is 0.724. The van der Waals surface area contributed by atoms with Crippen molar-refractivity contribution in [1.82, 2.24) is 4.31 Å². The van der Waals surface area contributed by atoms with Crippen molar-refractivity contribution in [2.45, 2.75) is 18.2 Å². The molecule has 1 saturated heterocycles. The van der Waals surface area contributed by atoms with Crippen LogP contribution in [-0.4, -0.2) is 31.9 Å². The molecule has 0 saturated carbocycles. The number of benzene rings is 1. The van der Waals surface area contributed by atoms with Crippen LogP contribution in [0.2, 0.25) is 5.02 Å². The lowest BCUT2D eigenvalue weighted by Gasteiger charge is -2.16. The van der Waals surface area contributed by atoms with Crippen LogP contribution in [0.3, 0.4) is 0 Å². The average molecular weight is 275 g/mol. The van der Waals surface area contributed by atoms with Crippen molar-refractivity contribution in [2.24, 2.45) is 5.73 Å². The molecule has 94 valence electrons. The summed E-state index contributed by atoms with van der Waals surface area (Å²) in [6, 6.07) is 6.95. The van der Waals surface area contributed by atoms with Gasteiger partial charge in [-0.3, -0.25) is 0 Å². The predicted molar refractivity (Wildman–Crippen MR) is 68.2 cm³/mol. The Hall–Kier alpha value is -0.620. The van der Waals surface area contributed by atoms with E-state index in [-0.39, 0.29) is 11.8 Å². The number of nitrogens with zero attached hydrogens (tertiary/aromatic N) is 1. The smallest absolute Gasteiger partial charge is 0.218 e. The van der Waals surface area contributed by atoms with E-state index in [2.05, 4.69) is 0 Å². The fourth-order valence-corrected chi connectivity index (χ4v) is 3.82. The Labute approximate surface area is 106 Å². The number of hydrogen-bond acceptors (Lipinski definition) is 3. The molecule has 0 bridgehead atoms. The van der Waals surface area contributed by atoms with Crippen LogP contribution >= 0.6 is 11.6 Å². The summed E-state index contributed by atoms with van der Waals surface area (Å²) in [4.78, 5) is 0. The van der Waals surface area contributed by atoms with E-state index in [1.165, 1.54) is 4.31 Å². The van der Waals surface area contributed by atoms with Gasteiger partial charge >= 0.3 is 0 Å². The van der Waals surface area contributed by atoms with E-state index < -0.39 is 10.0 Å². The minimum absolute atomic E-state index is 0.0454. The molecule has 1 aromatic carbocycles. The van der Waals surface area contributed by atoms with Gasteiger partial charge in [0.15, 0.2) is 0 Å². The van der Waals surface area contributed by atoms with Crippen molar-refractivity contribution < 1.29 is 8.42 Å². The first-order valence-corrected chi connectivity index (χ1v) is 7.44. The van der Waals surface area contributed by atoms with E-state index in [1.807, 2.05) is 0 Å². The molecule has 2 N–H and O–H groups in total. The third-order valence-corrected chi connectivity index (χ3v) is 5.04. The number of sulfonamides is 1. The van der Waals surface area contributed by atoms with Crippen molar-refractivity contribution in [3.8, 4) is 0 Å². The van der Waals surface area contributed by atoms with Gasteiger partial charge in [-0.05, 0) is 18.1 Å². The maximum Gasteiger partial charge on any atom is 0.218 e. The second-order valence-corrected chi connectivity index (χ2v) is 6.63. The quantitative estimate of drug-likeness (QED) is 0.901. The van der Waals surface area contributed by atoms with E-state index >= 15 is 0 Å². The minimum Gasteiger partial charge on any atom is -0.326 e. The highest BCUT2D eigenvalue weighted by atomic mass is 35.5. The minimum atomic E-state index is -3.30. The SMILES string of the molecule is NC1CCN(S(=O)(=O)Cc2ccccc2Cl)C1. The largest absolute Gasteiger partial charge is 0.326 e. The summed E-state index contributed by atoms with van der Waals surface area (Å²) in [5, 5.41) is 0.486. The first-order chi connectivity index (χ1) is 7.99. The molecule has 4 nitrogen and oxygen atoms in total. The fraction of sp³-hybridized carbons (Fsp3) is 0.455. The zero-order chi connectivity index (χ0) is 12.5. The molecule has 0 spiro atoms. The van der Waals surface area contributed by atoms with Crippen molar-refractivity contribution in [3.63, 3.8) is 0 Å². The summed E-state index contributed by atoms with van der Waals surface area (Å²) in [6.45, 7) is 0.917. The van der Waals surface area contributed by atoms with Gasteiger partial charge in [-0.1, -0.05) is 29.8 Å². The Morgan fingerprint density at radius 2 is 2.12 bits per heavy atom. The summed E-state index contributed by atoms with van der Waals surface area (Å²) in [5.74, 6) is -0.0562. The van der Waals surface area contributed by atoms with Crippen LogP contribution in [0.5, 0.6) is 0 Å². The normalized spacial score (nSPS) is 21.9. The molecular formula is C11H15ClN2O2S. The number of halogens is 1. The van der Waals surface area contributed by atoms with Gasteiger partial charge in [0, 0.05) is 24.2 Å². The van der Waals surface area contributed by atoms with Crippen LogP contribution in [0.25, 0.3) is 0 Å². The molecule has 1 atom stereocenters. The van der Waals surface area contributed by atoms with Crippen molar-refractivity contribution in [1.29, 1.82) is 0 Å². The second-order valence-electron chi connectivity index (χ2n) is 4.25. The molecule has 1 unspecified atom stereocenters. The Morgan fingerprint density at radius 3 is 2.71 bits per heavy atom. The van der Waals surface area contributed by atoms with Gasteiger partial charge in [-0.15, -0.1) is 0 Å².